The van der Waals surface area contributed by atoms with E-state index in [1.807, 2.05) is 35.2 Å². The number of fused-ring (bicyclic) bond motifs is 1. The van der Waals surface area contributed by atoms with Gasteiger partial charge in [0.05, 0.1) is 0 Å². The summed E-state index contributed by atoms with van der Waals surface area (Å²) in [4.78, 5) is 17.3. The molecule has 3 aromatic rings. The fraction of sp³-hybridized carbons (Fsp3) is 0.400. The largest absolute Gasteiger partial charge is 0.487 e. The molecule has 0 aliphatic carbocycles. The van der Waals surface area contributed by atoms with E-state index in [9.17, 15) is 9.18 Å². The van der Waals surface area contributed by atoms with Crippen molar-refractivity contribution in [3.63, 3.8) is 0 Å². The second-order valence-electron chi connectivity index (χ2n) is 8.46. The van der Waals surface area contributed by atoms with Crippen LogP contribution in [0, 0.1) is 5.82 Å². The fourth-order valence-corrected chi connectivity index (χ4v) is 4.76. The highest BCUT2D eigenvalue weighted by Gasteiger charge is 2.31. The first-order valence-corrected chi connectivity index (χ1v) is 11.1. The molecule has 5 rings (SSSR count). The average molecular weight is 423 g/mol. The van der Waals surface area contributed by atoms with E-state index in [1.54, 1.807) is 18.2 Å². The number of amides is 1. The Kier molecular flexibility index (Phi) is 5.64. The molecule has 2 fully saturated rings. The third-order valence-corrected chi connectivity index (χ3v) is 6.51. The number of nitrogens with zero attached hydrogens (tertiary/aromatic N) is 2. The first kappa shape index (κ1) is 20.1. The normalized spacial score (nSPS) is 19.1. The molecule has 0 bridgehead atoms. The number of likely N-dealkylation sites (tertiary alicyclic amines) is 2. The van der Waals surface area contributed by atoms with Crippen molar-refractivity contribution in [2.24, 2.45) is 0 Å². The van der Waals surface area contributed by atoms with E-state index in [-0.39, 0.29) is 17.8 Å². The van der Waals surface area contributed by atoms with Gasteiger partial charge < -0.3 is 14.1 Å². The average Bonchev–Trinajstić information content (AvgIpc) is 3.25. The van der Waals surface area contributed by atoms with Crippen LogP contribution in [0.1, 0.15) is 36.2 Å². The van der Waals surface area contributed by atoms with Crippen LogP contribution in [0.15, 0.2) is 59.0 Å². The smallest absolute Gasteiger partial charge is 0.289 e. The zero-order chi connectivity index (χ0) is 21.2. The highest BCUT2D eigenvalue weighted by molar-refractivity contribution is 5.96. The van der Waals surface area contributed by atoms with Crippen molar-refractivity contribution < 1.29 is 18.3 Å². The Hall–Kier alpha value is -2.86. The van der Waals surface area contributed by atoms with Crippen molar-refractivity contribution in [2.45, 2.75) is 37.8 Å². The number of ether oxygens (including phenoxy) is 1. The van der Waals surface area contributed by atoms with Crippen LogP contribution >= 0.6 is 0 Å². The first-order valence-electron chi connectivity index (χ1n) is 11.1. The molecule has 2 saturated heterocycles. The highest BCUT2D eigenvalue weighted by atomic mass is 19.1. The number of carbonyl (C=O) groups excluding carboxylic acids is 1. The van der Waals surface area contributed by atoms with Gasteiger partial charge in [-0.05, 0) is 49.9 Å². The SMILES string of the molecule is O=C(c1cc2ccccc2o1)N1CCC(N2CCC(Oc3ccccc3F)CC2)CC1. The summed E-state index contributed by atoms with van der Waals surface area (Å²) in [6.45, 7) is 3.38. The second-order valence-corrected chi connectivity index (χ2v) is 8.46. The van der Waals surface area contributed by atoms with Gasteiger partial charge in [0.15, 0.2) is 17.3 Å². The summed E-state index contributed by atoms with van der Waals surface area (Å²) in [7, 11) is 0. The third-order valence-electron chi connectivity index (χ3n) is 6.51. The fourth-order valence-electron chi connectivity index (χ4n) is 4.76. The van der Waals surface area contributed by atoms with Crippen molar-refractivity contribution >= 4 is 16.9 Å². The Balaban J connectivity index is 1.12. The highest BCUT2D eigenvalue weighted by Crippen LogP contribution is 2.26. The van der Waals surface area contributed by atoms with E-state index in [0.717, 1.165) is 62.8 Å². The van der Waals surface area contributed by atoms with Crippen molar-refractivity contribution in [1.29, 1.82) is 0 Å². The van der Waals surface area contributed by atoms with Crippen LogP contribution in [0.25, 0.3) is 11.0 Å². The topological polar surface area (TPSA) is 45.9 Å². The predicted molar refractivity (Wildman–Crippen MR) is 117 cm³/mol. The molecule has 3 heterocycles. The van der Waals surface area contributed by atoms with Gasteiger partial charge >= 0.3 is 0 Å². The lowest BCUT2D eigenvalue weighted by atomic mass is 9.98. The molecule has 1 amide bonds. The van der Waals surface area contributed by atoms with Gasteiger partial charge in [-0.25, -0.2) is 4.39 Å². The van der Waals surface area contributed by atoms with Crippen molar-refractivity contribution in [2.75, 3.05) is 26.2 Å². The monoisotopic (exact) mass is 422 g/mol. The van der Waals surface area contributed by atoms with Crippen LogP contribution in [-0.4, -0.2) is 54.0 Å². The number of rotatable bonds is 4. The molecule has 6 heteroatoms. The van der Waals surface area contributed by atoms with Gasteiger partial charge in [-0.2, -0.15) is 0 Å². The minimum atomic E-state index is -0.300. The summed E-state index contributed by atoms with van der Waals surface area (Å²) in [6.07, 6.45) is 3.78. The van der Waals surface area contributed by atoms with Gasteiger partial charge in [-0.15, -0.1) is 0 Å². The number of halogens is 1. The molecule has 2 aliphatic rings. The lowest BCUT2D eigenvalue weighted by Crippen LogP contribution is -2.50. The zero-order valence-corrected chi connectivity index (χ0v) is 17.5. The summed E-state index contributed by atoms with van der Waals surface area (Å²) < 4.78 is 25.5. The van der Waals surface area contributed by atoms with Crippen molar-refractivity contribution in [1.82, 2.24) is 9.80 Å². The Morgan fingerprint density at radius 3 is 2.39 bits per heavy atom. The van der Waals surface area contributed by atoms with E-state index >= 15 is 0 Å². The van der Waals surface area contributed by atoms with Crippen LogP contribution in [0.4, 0.5) is 4.39 Å². The van der Waals surface area contributed by atoms with Crippen LogP contribution in [0.5, 0.6) is 5.75 Å². The molecule has 0 saturated carbocycles. The number of hydrogen-bond acceptors (Lipinski definition) is 4. The number of piperidine rings is 2. The van der Waals surface area contributed by atoms with Crippen molar-refractivity contribution in [3.05, 3.63) is 66.2 Å². The van der Waals surface area contributed by atoms with Gasteiger partial charge in [0.25, 0.3) is 5.91 Å². The molecule has 162 valence electrons. The first-order chi connectivity index (χ1) is 15.2. The van der Waals surface area contributed by atoms with E-state index in [0.29, 0.717) is 17.6 Å². The van der Waals surface area contributed by atoms with E-state index in [4.69, 9.17) is 9.15 Å². The quantitative estimate of drug-likeness (QED) is 0.610. The molecule has 2 aliphatic heterocycles. The number of carbonyl (C=O) groups is 1. The Morgan fingerprint density at radius 2 is 1.65 bits per heavy atom. The predicted octanol–water partition coefficient (Wildman–Crippen LogP) is 4.72. The van der Waals surface area contributed by atoms with Gasteiger partial charge in [0, 0.05) is 37.6 Å². The standard InChI is InChI=1S/C25H27FN2O3/c26-21-6-2-4-8-23(21)30-20-11-15-27(16-12-20)19-9-13-28(14-10-19)25(29)24-17-18-5-1-3-7-22(18)31-24/h1-8,17,19-20H,9-16H2. The second kappa shape index (κ2) is 8.71. The Morgan fingerprint density at radius 1 is 0.935 bits per heavy atom. The third kappa shape index (κ3) is 4.30. The summed E-state index contributed by atoms with van der Waals surface area (Å²) in [5.41, 5.74) is 0.751. The molecule has 5 nitrogen and oxygen atoms in total. The summed E-state index contributed by atoms with van der Waals surface area (Å²) >= 11 is 0. The molecule has 0 unspecified atom stereocenters. The molecule has 0 spiro atoms. The zero-order valence-electron chi connectivity index (χ0n) is 17.5. The minimum absolute atomic E-state index is 0.0216. The molecule has 2 aromatic carbocycles. The molecule has 0 atom stereocenters. The number of para-hydroxylation sites is 2. The van der Waals surface area contributed by atoms with E-state index < -0.39 is 0 Å². The lowest BCUT2D eigenvalue weighted by Gasteiger charge is -2.41. The molecule has 31 heavy (non-hydrogen) atoms. The Bertz CT molecular complexity index is 1020. The van der Waals surface area contributed by atoms with Gasteiger partial charge in [0.1, 0.15) is 11.7 Å². The lowest BCUT2D eigenvalue weighted by molar-refractivity contribution is 0.0404. The molecular weight excluding hydrogens is 395 g/mol. The minimum Gasteiger partial charge on any atom is -0.487 e. The van der Waals surface area contributed by atoms with E-state index in [2.05, 4.69) is 4.90 Å². The molecular formula is C25H27FN2O3. The molecule has 0 N–H and O–H groups in total. The summed E-state index contributed by atoms with van der Waals surface area (Å²) in [6, 6.07) is 16.6. The maximum Gasteiger partial charge on any atom is 0.289 e. The Labute approximate surface area is 181 Å². The van der Waals surface area contributed by atoms with E-state index in [1.165, 1.54) is 6.07 Å². The van der Waals surface area contributed by atoms with Crippen LogP contribution < -0.4 is 4.74 Å². The molecule has 1 aromatic heterocycles. The van der Waals surface area contributed by atoms with Crippen molar-refractivity contribution in [3.8, 4) is 5.75 Å². The number of hydrogen-bond donors (Lipinski definition) is 0. The summed E-state index contributed by atoms with van der Waals surface area (Å²) in [5.74, 6) is 0.446. The molecule has 0 radical (unpaired) electrons. The number of benzene rings is 2. The van der Waals surface area contributed by atoms with Gasteiger partial charge in [-0.3, -0.25) is 9.69 Å². The van der Waals surface area contributed by atoms with Crippen LogP contribution in [0.3, 0.4) is 0 Å². The van der Waals surface area contributed by atoms with Gasteiger partial charge in [-0.1, -0.05) is 30.3 Å². The van der Waals surface area contributed by atoms with Gasteiger partial charge in [0.2, 0.25) is 0 Å². The number of furan rings is 1. The maximum absolute atomic E-state index is 13.8. The van der Waals surface area contributed by atoms with Crippen LogP contribution in [-0.2, 0) is 0 Å². The maximum atomic E-state index is 13.8. The summed E-state index contributed by atoms with van der Waals surface area (Å²) in [5, 5.41) is 0.959. The van der Waals surface area contributed by atoms with Crippen LogP contribution in [0.2, 0.25) is 0 Å².